The number of hydrogen-bond acceptors (Lipinski definition) is 2. The minimum atomic E-state index is 0.377. The Bertz CT molecular complexity index is 558. The Morgan fingerprint density at radius 3 is 2.32 bits per heavy atom. The van der Waals surface area contributed by atoms with Gasteiger partial charge in [-0.15, -0.1) is 11.6 Å². The Labute approximate surface area is 119 Å². The topological polar surface area (TPSA) is 30.7 Å². The van der Waals surface area contributed by atoms with Crippen molar-refractivity contribution in [2.45, 2.75) is 45.4 Å². The summed E-state index contributed by atoms with van der Waals surface area (Å²) in [7, 11) is 0. The van der Waals surface area contributed by atoms with Crippen LogP contribution in [0.1, 0.15) is 56.5 Å². The first-order valence-electron chi connectivity index (χ1n) is 6.64. The number of aromatic nitrogens is 3. The van der Waals surface area contributed by atoms with Gasteiger partial charge in [0.05, 0.1) is 5.69 Å². The van der Waals surface area contributed by atoms with E-state index in [0.29, 0.717) is 17.7 Å². The molecule has 0 fully saturated rings. The summed E-state index contributed by atoms with van der Waals surface area (Å²) in [5.41, 5.74) is 3.20. The molecular formula is C15H20ClN3. The molecule has 0 aliphatic carbocycles. The van der Waals surface area contributed by atoms with E-state index in [1.54, 1.807) is 0 Å². The SMILES string of the molecule is CC(C)c1cc(CCl)cc(-n2ccc(C(C)C)n2)n1. The first-order chi connectivity index (χ1) is 9.01. The molecule has 0 spiro atoms. The lowest BCUT2D eigenvalue weighted by atomic mass is 10.1. The number of alkyl halides is 1. The second kappa shape index (κ2) is 5.74. The minimum absolute atomic E-state index is 0.377. The molecule has 0 bridgehead atoms. The fraction of sp³-hybridized carbons (Fsp3) is 0.467. The first kappa shape index (κ1) is 14.1. The predicted octanol–water partition coefficient (Wildman–Crippen LogP) is 4.25. The van der Waals surface area contributed by atoms with Crippen LogP contribution < -0.4 is 0 Å². The van der Waals surface area contributed by atoms with E-state index in [1.807, 2.05) is 23.0 Å². The van der Waals surface area contributed by atoms with Crippen molar-refractivity contribution in [3.63, 3.8) is 0 Å². The minimum Gasteiger partial charge on any atom is -0.233 e. The third-order valence-electron chi connectivity index (χ3n) is 3.07. The highest BCUT2D eigenvalue weighted by molar-refractivity contribution is 6.17. The van der Waals surface area contributed by atoms with Crippen LogP contribution in [0.15, 0.2) is 24.4 Å². The monoisotopic (exact) mass is 277 g/mol. The maximum Gasteiger partial charge on any atom is 0.153 e. The molecule has 0 amide bonds. The van der Waals surface area contributed by atoms with E-state index in [-0.39, 0.29) is 0 Å². The number of hydrogen-bond donors (Lipinski definition) is 0. The highest BCUT2D eigenvalue weighted by Crippen LogP contribution is 2.19. The van der Waals surface area contributed by atoms with Gasteiger partial charge in [-0.3, -0.25) is 0 Å². The van der Waals surface area contributed by atoms with Crippen molar-refractivity contribution in [2.24, 2.45) is 0 Å². The molecule has 2 aromatic rings. The molecule has 19 heavy (non-hydrogen) atoms. The van der Waals surface area contributed by atoms with Crippen molar-refractivity contribution in [2.75, 3.05) is 0 Å². The first-order valence-corrected chi connectivity index (χ1v) is 7.17. The maximum atomic E-state index is 5.96. The van der Waals surface area contributed by atoms with Crippen molar-refractivity contribution >= 4 is 11.6 Å². The third kappa shape index (κ3) is 3.16. The zero-order chi connectivity index (χ0) is 14.0. The lowest BCUT2D eigenvalue weighted by Gasteiger charge is -2.10. The highest BCUT2D eigenvalue weighted by Gasteiger charge is 2.09. The van der Waals surface area contributed by atoms with Gasteiger partial charge >= 0.3 is 0 Å². The molecule has 0 N–H and O–H groups in total. The lowest BCUT2D eigenvalue weighted by molar-refractivity contribution is 0.742. The van der Waals surface area contributed by atoms with E-state index >= 15 is 0 Å². The number of pyridine rings is 1. The van der Waals surface area contributed by atoms with Gasteiger partial charge in [0.1, 0.15) is 0 Å². The van der Waals surface area contributed by atoms with Crippen molar-refractivity contribution in [3.8, 4) is 5.82 Å². The van der Waals surface area contributed by atoms with Crippen LogP contribution in [0.3, 0.4) is 0 Å². The average Bonchev–Trinajstić information content (AvgIpc) is 2.87. The van der Waals surface area contributed by atoms with Gasteiger partial charge in [-0.05, 0) is 35.6 Å². The second-order valence-electron chi connectivity index (χ2n) is 5.39. The Morgan fingerprint density at radius 2 is 1.79 bits per heavy atom. The van der Waals surface area contributed by atoms with Crippen molar-refractivity contribution in [1.29, 1.82) is 0 Å². The zero-order valence-corrected chi connectivity index (χ0v) is 12.6. The Morgan fingerprint density at radius 1 is 1.11 bits per heavy atom. The summed E-state index contributed by atoms with van der Waals surface area (Å²) >= 11 is 5.96. The number of halogens is 1. The van der Waals surface area contributed by atoms with E-state index in [0.717, 1.165) is 22.8 Å². The molecule has 0 unspecified atom stereocenters. The zero-order valence-electron chi connectivity index (χ0n) is 11.9. The van der Waals surface area contributed by atoms with Crippen LogP contribution in [0.4, 0.5) is 0 Å². The van der Waals surface area contributed by atoms with Crippen LogP contribution in [0, 0.1) is 0 Å². The summed E-state index contributed by atoms with van der Waals surface area (Å²) in [6, 6.07) is 6.10. The molecule has 3 nitrogen and oxygen atoms in total. The highest BCUT2D eigenvalue weighted by atomic mass is 35.5. The molecule has 0 atom stereocenters. The average molecular weight is 278 g/mol. The van der Waals surface area contributed by atoms with Crippen LogP contribution in [0.2, 0.25) is 0 Å². The molecule has 102 valence electrons. The summed E-state index contributed by atoms with van der Waals surface area (Å²) in [4.78, 5) is 4.67. The number of rotatable bonds is 4. The van der Waals surface area contributed by atoms with Crippen LogP contribution in [-0.4, -0.2) is 14.8 Å². The molecule has 4 heteroatoms. The van der Waals surface area contributed by atoms with Crippen LogP contribution >= 0.6 is 11.6 Å². The fourth-order valence-electron chi connectivity index (χ4n) is 1.86. The predicted molar refractivity (Wildman–Crippen MR) is 79.1 cm³/mol. The molecule has 0 aliphatic rings. The maximum absolute atomic E-state index is 5.96. The molecule has 0 aromatic carbocycles. The molecule has 0 saturated heterocycles. The van der Waals surface area contributed by atoms with Crippen molar-refractivity contribution in [3.05, 3.63) is 41.3 Å². The lowest BCUT2D eigenvalue weighted by Crippen LogP contribution is -2.04. The summed E-state index contributed by atoms with van der Waals surface area (Å²) < 4.78 is 1.83. The Hall–Kier alpha value is -1.35. The van der Waals surface area contributed by atoms with Gasteiger partial charge < -0.3 is 0 Å². The van der Waals surface area contributed by atoms with Gasteiger partial charge in [0.25, 0.3) is 0 Å². The van der Waals surface area contributed by atoms with E-state index < -0.39 is 0 Å². The van der Waals surface area contributed by atoms with Crippen LogP contribution in [0.5, 0.6) is 0 Å². The summed E-state index contributed by atoms with van der Waals surface area (Å²) in [5.74, 6) is 2.13. The van der Waals surface area contributed by atoms with Gasteiger partial charge in [0.15, 0.2) is 5.82 Å². The molecule has 2 rings (SSSR count). The Balaban J connectivity index is 2.45. The molecule has 0 aliphatic heterocycles. The van der Waals surface area contributed by atoms with Gasteiger partial charge in [0.2, 0.25) is 0 Å². The third-order valence-corrected chi connectivity index (χ3v) is 3.38. The molecule has 0 radical (unpaired) electrons. The van der Waals surface area contributed by atoms with E-state index in [9.17, 15) is 0 Å². The van der Waals surface area contributed by atoms with Crippen LogP contribution in [-0.2, 0) is 5.88 Å². The summed E-state index contributed by atoms with van der Waals surface area (Å²) in [5, 5.41) is 4.57. The summed E-state index contributed by atoms with van der Waals surface area (Å²) in [6.45, 7) is 8.53. The smallest absolute Gasteiger partial charge is 0.153 e. The largest absolute Gasteiger partial charge is 0.233 e. The molecular weight excluding hydrogens is 258 g/mol. The molecule has 2 heterocycles. The van der Waals surface area contributed by atoms with Crippen molar-refractivity contribution < 1.29 is 0 Å². The van der Waals surface area contributed by atoms with Gasteiger partial charge in [0, 0.05) is 17.8 Å². The van der Waals surface area contributed by atoms with Gasteiger partial charge in [-0.25, -0.2) is 9.67 Å². The fourth-order valence-corrected chi connectivity index (χ4v) is 2.01. The van der Waals surface area contributed by atoms with Crippen molar-refractivity contribution in [1.82, 2.24) is 14.8 Å². The van der Waals surface area contributed by atoms with E-state index in [2.05, 4.69) is 43.8 Å². The quantitative estimate of drug-likeness (QED) is 0.782. The van der Waals surface area contributed by atoms with Gasteiger partial charge in [-0.1, -0.05) is 27.7 Å². The van der Waals surface area contributed by atoms with Crippen LogP contribution in [0.25, 0.3) is 5.82 Å². The summed E-state index contributed by atoms with van der Waals surface area (Å²) in [6.07, 6.45) is 1.96. The molecule has 2 aromatic heterocycles. The Kier molecular flexibility index (Phi) is 4.25. The van der Waals surface area contributed by atoms with Gasteiger partial charge in [-0.2, -0.15) is 5.10 Å². The second-order valence-corrected chi connectivity index (χ2v) is 5.65. The standard InChI is InChI=1S/C15H20ClN3/c1-10(2)13-5-6-19(18-13)15-8-12(9-16)7-14(17-15)11(3)4/h5-8,10-11H,9H2,1-4H3. The molecule has 0 saturated carbocycles. The normalized spacial score (nSPS) is 11.5. The van der Waals surface area contributed by atoms with E-state index in [1.165, 1.54) is 0 Å². The number of nitrogens with zero attached hydrogens (tertiary/aromatic N) is 3. The van der Waals surface area contributed by atoms with E-state index in [4.69, 9.17) is 11.6 Å².